The van der Waals surface area contributed by atoms with Crippen molar-refractivity contribution in [3.05, 3.63) is 95.6 Å². The van der Waals surface area contributed by atoms with E-state index in [0.717, 1.165) is 16.8 Å². The van der Waals surface area contributed by atoms with Gasteiger partial charge in [0.25, 0.3) is 0 Å². The van der Waals surface area contributed by atoms with Crippen molar-refractivity contribution < 1.29 is 19.1 Å². The number of benzene rings is 3. The van der Waals surface area contributed by atoms with Gasteiger partial charge in [-0.25, -0.2) is 0 Å². The molecule has 0 aromatic heterocycles. The maximum absolute atomic E-state index is 14.6. The van der Waals surface area contributed by atoms with Crippen LogP contribution in [0.1, 0.15) is 42.3 Å². The Labute approximate surface area is 222 Å². The van der Waals surface area contributed by atoms with Gasteiger partial charge in [-0.2, -0.15) is 0 Å². The molecule has 3 aliphatic heterocycles. The summed E-state index contributed by atoms with van der Waals surface area (Å²) in [5.74, 6) is -0.889. The molecule has 6 nitrogen and oxygen atoms in total. The first-order chi connectivity index (χ1) is 18.2. The van der Waals surface area contributed by atoms with Crippen molar-refractivity contribution in [3.63, 3.8) is 0 Å². The number of fused-ring (bicyclic) bond motifs is 6. The van der Waals surface area contributed by atoms with Crippen LogP contribution in [0.2, 0.25) is 0 Å². The molecule has 0 bridgehead atoms. The number of Topliss-reactive ketones (excluding diaryl/α,β-unsaturated/α-hetero) is 2. The van der Waals surface area contributed by atoms with Crippen LogP contribution in [0.4, 0.5) is 11.4 Å². The van der Waals surface area contributed by atoms with E-state index in [-0.39, 0.29) is 17.5 Å². The number of ether oxygens (including phenoxy) is 1. The molecule has 1 fully saturated rings. The fraction of sp³-hybridized carbons (Fsp3) is 0.281. The highest BCUT2D eigenvalue weighted by molar-refractivity contribution is 6.17. The van der Waals surface area contributed by atoms with Crippen LogP contribution in [0.3, 0.4) is 0 Å². The first-order valence-electron chi connectivity index (χ1n) is 12.9. The van der Waals surface area contributed by atoms with E-state index in [1.807, 2.05) is 86.4 Å². The van der Waals surface area contributed by atoms with Crippen molar-refractivity contribution in [1.29, 1.82) is 0 Å². The highest BCUT2D eigenvalue weighted by Gasteiger charge is 2.70. The number of hydrogen-bond donors (Lipinski definition) is 1. The van der Waals surface area contributed by atoms with Crippen LogP contribution in [0, 0.1) is 11.3 Å². The van der Waals surface area contributed by atoms with Crippen LogP contribution in [-0.2, 0) is 15.0 Å². The Hall–Kier alpha value is -4.19. The summed E-state index contributed by atoms with van der Waals surface area (Å²) < 4.78 is 5.30. The molecule has 0 unspecified atom stereocenters. The van der Waals surface area contributed by atoms with Crippen LogP contribution in [-0.4, -0.2) is 36.7 Å². The van der Waals surface area contributed by atoms with Gasteiger partial charge in [0.15, 0.2) is 11.6 Å². The summed E-state index contributed by atoms with van der Waals surface area (Å²) in [4.78, 5) is 45.3. The lowest BCUT2D eigenvalue weighted by molar-refractivity contribution is -0.128. The van der Waals surface area contributed by atoms with E-state index in [4.69, 9.17) is 4.74 Å². The molecule has 3 aromatic rings. The van der Waals surface area contributed by atoms with Crippen LogP contribution in [0.25, 0.3) is 6.08 Å². The van der Waals surface area contributed by atoms with Gasteiger partial charge in [0, 0.05) is 22.4 Å². The molecule has 3 heterocycles. The molecule has 3 aliphatic rings. The van der Waals surface area contributed by atoms with Gasteiger partial charge in [0.05, 0.1) is 19.1 Å². The van der Waals surface area contributed by atoms with E-state index in [0.29, 0.717) is 17.0 Å². The summed E-state index contributed by atoms with van der Waals surface area (Å²) in [6, 6.07) is 20.9. The second kappa shape index (κ2) is 8.42. The maximum atomic E-state index is 14.6. The van der Waals surface area contributed by atoms with Gasteiger partial charge >= 0.3 is 0 Å². The molecule has 6 heteroatoms. The van der Waals surface area contributed by atoms with E-state index >= 15 is 0 Å². The van der Waals surface area contributed by atoms with Crippen LogP contribution in [0.5, 0.6) is 5.75 Å². The van der Waals surface area contributed by atoms with E-state index in [2.05, 4.69) is 5.32 Å². The van der Waals surface area contributed by atoms with E-state index in [1.165, 1.54) is 0 Å². The Balaban J connectivity index is 1.66. The molecule has 6 rings (SSSR count). The van der Waals surface area contributed by atoms with Gasteiger partial charge in [-0.1, -0.05) is 69.3 Å². The topological polar surface area (TPSA) is 75.7 Å². The molecule has 0 radical (unpaired) electrons. The third-order valence-corrected chi connectivity index (χ3v) is 8.21. The van der Waals surface area contributed by atoms with E-state index in [9.17, 15) is 14.4 Å². The van der Waals surface area contributed by atoms with Crippen LogP contribution >= 0.6 is 0 Å². The molecular weight excluding hydrogens is 476 g/mol. The highest BCUT2D eigenvalue weighted by Crippen LogP contribution is 2.58. The number of rotatable bonds is 4. The lowest BCUT2D eigenvalue weighted by Gasteiger charge is -2.38. The number of carbonyl (C=O) groups excluding carboxylic acids is 3. The van der Waals surface area contributed by atoms with Crippen molar-refractivity contribution in [2.24, 2.45) is 11.3 Å². The summed E-state index contributed by atoms with van der Waals surface area (Å²) in [7, 11) is 1.57. The normalized spacial score (nSPS) is 25.0. The maximum Gasteiger partial charge on any atom is 0.238 e. The molecule has 1 N–H and O–H groups in total. The Morgan fingerprint density at radius 1 is 0.947 bits per heavy atom. The number of carbonyl (C=O) groups is 3. The Kier molecular flexibility index (Phi) is 5.35. The smallest absolute Gasteiger partial charge is 0.238 e. The quantitative estimate of drug-likeness (QED) is 0.487. The third-order valence-electron chi connectivity index (χ3n) is 8.21. The van der Waals surface area contributed by atoms with Gasteiger partial charge in [-0.3, -0.25) is 14.4 Å². The Morgan fingerprint density at radius 3 is 2.34 bits per heavy atom. The number of methoxy groups -OCH3 is 1. The number of amides is 1. The number of nitrogens with one attached hydrogen (secondary N) is 1. The molecule has 1 spiro atoms. The van der Waals surface area contributed by atoms with Gasteiger partial charge in [0.1, 0.15) is 17.2 Å². The molecule has 3 aromatic carbocycles. The zero-order valence-electron chi connectivity index (χ0n) is 21.9. The van der Waals surface area contributed by atoms with E-state index in [1.54, 1.807) is 31.4 Å². The molecule has 0 saturated carbocycles. The second-order valence-corrected chi connectivity index (χ2v) is 11.3. The molecule has 1 saturated heterocycles. The Bertz CT molecular complexity index is 1500. The molecule has 192 valence electrons. The molecular formula is C32H30N2O4. The number of para-hydroxylation sites is 2. The number of hydrogen-bond acceptors (Lipinski definition) is 5. The minimum absolute atomic E-state index is 0.0754. The number of anilines is 2. The lowest BCUT2D eigenvalue weighted by atomic mass is 9.63. The van der Waals surface area contributed by atoms with Crippen molar-refractivity contribution in [3.8, 4) is 5.75 Å². The monoisotopic (exact) mass is 506 g/mol. The number of nitrogens with zero attached hydrogens (tertiary/aromatic N) is 1. The Morgan fingerprint density at radius 2 is 1.63 bits per heavy atom. The average molecular weight is 507 g/mol. The zero-order chi connectivity index (χ0) is 26.8. The predicted octanol–water partition coefficient (Wildman–Crippen LogP) is 5.28. The molecule has 4 atom stereocenters. The largest absolute Gasteiger partial charge is 0.497 e. The van der Waals surface area contributed by atoms with Crippen molar-refractivity contribution in [1.82, 2.24) is 0 Å². The summed E-state index contributed by atoms with van der Waals surface area (Å²) in [5, 5.41) is 3.06. The molecule has 0 aliphatic carbocycles. The molecule has 1 amide bonds. The van der Waals surface area contributed by atoms with Gasteiger partial charge in [-0.15, -0.1) is 0 Å². The zero-order valence-corrected chi connectivity index (χ0v) is 21.9. The summed E-state index contributed by atoms with van der Waals surface area (Å²) in [5.41, 5.74) is 1.64. The first-order valence-corrected chi connectivity index (χ1v) is 12.9. The number of ketones is 2. The SMILES string of the molecule is COc1ccc(C(=O)[C@@H]2[C@H](C(=O)C(C)(C)C)N3c4ccccc4C=C[C@@H]3[C@@]23C(=O)Nc2ccccc23)cc1. The summed E-state index contributed by atoms with van der Waals surface area (Å²) in [6.45, 7) is 5.62. The highest BCUT2D eigenvalue weighted by atomic mass is 16.5. The minimum atomic E-state index is -1.29. The second-order valence-electron chi connectivity index (χ2n) is 11.3. The van der Waals surface area contributed by atoms with Gasteiger partial charge in [0.2, 0.25) is 5.91 Å². The summed E-state index contributed by atoms with van der Waals surface area (Å²) >= 11 is 0. The predicted molar refractivity (Wildman–Crippen MR) is 148 cm³/mol. The van der Waals surface area contributed by atoms with E-state index < -0.39 is 28.8 Å². The summed E-state index contributed by atoms with van der Waals surface area (Å²) in [6.07, 6.45) is 4.00. The third kappa shape index (κ3) is 3.22. The van der Waals surface area contributed by atoms with Crippen molar-refractivity contribution in [2.75, 3.05) is 17.3 Å². The molecule has 38 heavy (non-hydrogen) atoms. The fourth-order valence-corrected chi connectivity index (χ4v) is 6.50. The van der Waals surface area contributed by atoms with Crippen molar-refractivity contribution in [2.45, 2.75) is 38.3 Å². The standard InChI is InChI=1S/C32H30N2O4/c1-31(2,3)29(36)27-26(28(35)20-13-16-21(38-4)17-14-20)32(22-10-6-7-11-23(22)33-30(32)37)25-18-15-19-9-5-8-12-24(19)34(25)27/h5-18,25-27H,1-4H3,(H,33,37)/t25-,26+,27-,32-/m1/s1. The average Bonchev–Trinajstić information content (AvgIpc) is 3.40. The first kappa shape index (κ1) is 24.2. The van der Waals surface area contributed by atoms with Gasteiger partial charge in [-0.05, 0) is 47.5 Å². The van der Waals surface area contributed by atoms with Crippen LogP contribution < -0.4 is 15.0 Å². The van der Waals surface area contributed by atoms with Crippen LogP contribution in [0.15, 0.2) is 78.9 Å². The lowest BCUT2D eigenvalue weighted by Crippen LogP contribution is -2.51. The minimum Gasteiger partial charge on any atom is -0.497 e. The van der Waals surface area contributed by atoms with Gasteiger partial charge < -0.3 is 15.0 Å². The van der Waals surface area contributed by atoms with Crippen molar-refractivity contribution >= 4 is 34.9 Å². The fourth-order valence-electron chi connectivity index (χ4n) is 6.50.